The Morgan fingerprint density at radius 3 is 2.91 bits per heavy atom. The summed E-state index contributed by atoms with van der Waals surface area (Å²) in [5.41, 5.74) is 1.34. The van der Waals surface area contributed by atoms with Crippen LogP contribution >= 0.6 is 20.9 Å². The highest BCUT2D eigenvalue weighted by Crippen LogP contribution is 2.30. The van der Waals surface area contributed by atoms with E-state index < -0.39 is 0 Å². The molecule has 0 bridgehead atoms. The minimum Gasteiger partial charge on any atom is -0.246 e. The van der Waals surface area contributed by atoms with Crippen molar-refractivity contribution in [2.45, 2.75) is 0 Å². The third-order valence-corrected chi connectivity index (χ3v) is 4.22. The van der Waals surface area contributed by atoms with Gasteiger partial charge in [0, 0.05) is 15.9 Å². The SMILES string of the molecule is c1ccc2c(c1)cc1ssn12. The molecule has 1 nitrogen and oxygen atoms in total. The highest BCUT2D eigenvalue weighted by Gasteiger charge is 2.03. The maximum absolute atomic E-state index is 2.26. The monoisotopic (exact) mass is 179 g/mol. The summed E-state index contributed by atoms with van der Waals surface area (Å²) < 4.78 is 2.26. The summed E-state index contributed by atoms with van der Waals surface area (Å²) in [6.45, 7) is 0. The first-order valence-corrected chi connectivity index (χ1v) is 5.51. The summed E-state index contributed by atoms with van der Waals surface area (Å²) in [6.07, 6.45) is 0. The first kappa shape index (κ1) is 5.80. The molecule has 2 heterocycles. The van der Waals surface area contributed by atoms with Crippen molar-refractivity contribution in [3.63, 3.8) is 0 Å². The van der Waals surface area contributed by atoms with E-state index in [9.17, 15) is 0 Å². The Hall–Kier alpha value is -0.800. The molecule has 0 aliphatic carbocycles. The Bertz CT molecular complexity index is 500. The third-order valence-electron chi connectivity index (χ3n) is 1.83. The molecule has 0 radical (unpaired) electrons. The fraction of sp³-hybridized carbons (Fsp3) is 0. The molecule has 0 amide bonds. The molecule has 0 saturated carbocycles. The van der Waals surface area contributed by atoms with Gasteiger partial charge in [0.05, 0.1) is 5.52 Å². The molecule has 0 N–H and O–H groups in total. The lowest BCUT2D eigenvalue weighted by Crippen LogP contribution is -1.75. The fourth-order valence-electron chi connectivity index (χ4n) is 1.29. The average Bonchev–Trinajstić information content (AvgIpc) is 2.23. The Kier molecular flexibility index (Phi) is 0.985. The predicted molar refractivity (Wildman–Crippen MR) is 50.7 cm³/mol. The second kappa shape index (κ2) is 1.87. The summed E-state index contributed by atoms with van der Waals surface area (Å²) >= 11 is 0. The van der Waals surface area contributed by atoms with Gasteiger partial charge >= 0.3 is 0 Å². The zero-order valence-electron chi connectivity index (χ0n) is 5.65. The van der Waals surface area contributed by atoms with Gasteiger partial charge in [0.25, 0.3) is 0 Å². The van der Waals surface area contributed by atoms with E-state index in [0.717, 1.165) is 0 Å². The van der Waals surface area contributed by atoms with Crippen LogP contribution in [0.2, 0.25) is 0 Å². The topological polar surface area (TPSA) is 4.41 Å². The second-order valence-electron chi connectivity index (χ2n) is 2.49. The highest BCUT2D eigenvalue weighted by molar-refractivity contribution is 7.72. The van der Waals surface area contributed by atoms with Gasteiger partial charge < -0.3 is 0 Å². The smallest absolute Gasteiger partial charge is 0.122 e. The van der Waals surface area contributed by atoms with Gasteiger partial charge in [0.2, 0.25) is 0 Å². The summed E-state index contributed by atoms with van der Waals surface area (Å²) in [4.78, 5) is 1.37. The van der Waals surface area contributed by atoms with Gasteiger partial charge in [0.1, 0.15) is 4.83 Å². The van der Waals surface area contributed by atoms with E-state index in [2.05, 4.69) is 34.1 Å². The van der Waals surface area contributed by atoms with E-state index in [4.69, 9.17) is 0 Å². The van der Waals surface area contributed by atoms with Crippen molar-refractivity contribution < 1.29 is 0 Å². The van der Waals surface area contributed by atoms with E-state index in [1.807, 2.05) is 10.3 Å². The number of hydrogen-bond acceptors (Lipinski definition) is 2. The molecule has 3 rings (SSSR count). The van der Waals surface area contributed by atoms with Crippen molar-refractivity contribution >= 4 is 36.6 Å². The summed E-state index contributed by atoms with van der Waals surface area (Å²) in [5.74, 6) is 0. The van der Waals surface area contributed by atoms with Crippen LogP contribution in [0.5, 0.6) is 0 Å². The molecule has 0 spiro atoms. The van der Waals surface area contributed by atoms with E-state index in [0.29, 0.717) is 0 Å². The van der Waals surface area contributed by atoms with Gasteiger partial charge in [-0.2, -0.15) is 0 Å². The van der Waals surface area contributed by atoms with Crippen LogP contribution in [0.3, 0.4) is 0 Å². The molecule has 0 aliphatic heterocycles. The molecule has 54 valence electrons. The van der Waals surface area contributed by atoms with E-state index >= 15 is 0 Å². The Labute approximate surface area is 71.0 Å². The van der Waals surface area contributed by atoms with Crippen molar-refractivity contribution in [1.82, 2.24) is 3.79 Å². The Morgan fingerprint density at radius 2 is 2.09 bits per heavy atom. The van der Waals surface area contributed by atoms with Crippen LogP contribution in [0.1, 0.15) is 0 Å². The number of rotatable bonds is 0. The van der Waals surface area contributed by atoms with E-state index in [-0.39, 0.29) is 0 Å². The van der Waals surface area contributed by atoms with Gasteiger partial charge in [0.15, 0.2) is 0 Å². The minimum atomic E-state index is 1.34. The third kappa shape index (κ3) is 0.645. The molecule has 1 aromatic carbocycles. The highest BCUT2D eigenvalue weighted by atomic mass is 32.9. The van der Waals surface area contributed by atoms with Crippen LogP contribution in [-0.4, -0.2) is 3.79 Å². The molecule has 0 saturated heterocycles. The predicted octanol–water partition coefficient (Wildman–Crippen LogP) is 3.22. The molecule has 3 aromatic rings. The number of fused-ring (bicyclic) bond motifs is 3. The van der Waals surface area contributed by atoms with Crippen molar-refractivity contribution in [2.75, 3.05) is 0 Å². The second-order valence-corrected chi connectivity index (χ2v) is 4.54. The molecule has 0 unspecified atom stereocenters. The molecule has 3 heteroatoms. The van der Waals surface area contributed by atoms with Crippen LogP contribution in [0.15, 0.2) is 30.3 Å². The summed E-state index contributed by atoms with van der Waals surface area (Å²) in [7, 11) is 3.64. The van der Waals surface area contributed by atoms with Crippen LogP contribution < -0.4 is 0 Å². The van der Waals surface area contributed by atoms with Crippen molar-refractivity contribution in [1.29, 1.82) is 0 Å². The van der Waals surface area contributed by atoms with E-state index in [1.165, 1.54) is 15.7 Å². The Balaban J connectivity index is 2.68. The standard InChI is InChI=1S/C8H5NS2/c1-2-4-7-6(3-1)5-8-9(7)11-10-8/h1-5H. The molecule has 0 fully saturated rings. The van der Waals surface area contributed by atoms with Crippen molar-refractivity contribution in [2.24, 2.45) is 0 Å². The lowest BCUT2D eigenvalue weighted by molar-refractivity contribution is 1.48. The fourth-order valence-corrected chi connectivity index (χ4v) is 3.19. The maximum atomic E-state index is 2.26. The quantitative estimate of drug-likeness (QED) is 0.467. The Morgan fingerprint density at radius 1 is 1.18 bits per heavy atom. The van der Waals surface area contributed by atoms with E-state index in [1.54, 1.807) is 10.5 Å². The number of aromatic nitrogens is 1. The largest absolute Gasteiger partial charge is 0.246 e. The normalized spacial score (nSPS) is 11.6. The zero-order valence-corrected chi connectivity index (χ0v) is 7.28. The van der Waals surface area contributed by atoms with Crippen LogP contribution in [0.25, 0.3) is 15.7 Å². The lowest BCUT2D eigenvalue weighted by atomic mass is 10.3. The van der Waals surface area contributed by atoms with Gasteiger partial charge in [-0.1, -0.05) is 18.2 Å². The van der Waals surface area contributed by atoms with Crippen molar-refractivity contribution in [3.8, 4) is 0 Å². The maximum Gasteiger partial charge on any atom is 0.122 e. The summed E-state index contributed by atoms with van der Waals surface area (Å²) in [6, 6.07) is 10.7. The van der Waals surface area contributed by atoms with Gasteiger partial charge in [-0.15, -0.1) is 0 Å². The van der Waals surface area contributed by atoms with Crippen LogP contribution in [0, 0.1) is 0 Å². The number of nitrogens with zero attached hydrogens (tertiary/aromatic N) is 1. The lowest BCUT2D eigenvalue weighted by Gasteiger charge is -1.94. The molecule has 11 heavy (non-hydrogen) atoms. The number of benzene rings is 1. The number of para-hydroxylation sites is 1. The summed E-state index contributed by atoms with van der Waals surface area (Å²) in [5, 5.41) is 1.35. The zero-order chi connectivity index (χ0) is 7.26. The molecule has 0 atom stereocenters. The van der Waals surface area contributed by atoms with Gasteiger partial charge in [-0.05, 0) is 22.5 Å². The minimum absolute atomic E-state index is 1.34. The van der Waals surface area contributed by atoms with Gasteiger partial charge in [-0.3, -0.25) is 0 Å². The molecule has 0 aliphatic rings. The first-order valence-electron chi connectivity index (χ1n) is 3.41. The molecular weight excluding hydrogens is 174 g/mol. The van der Waals surface area contributed by atoms with Crippen molar-refractivity contribution in [3.05, 3.63) is 30.3 Å². The van der Waals surface area contributed by atoms with Crippen LogP contribution in [0.4, 0.5) is 0 Å². The van der Waals surface area contributed by atoms with Crippen LogP contribution in [-0.2, 0) is 0 Å². The first-order chi connectivity index (χ1) is 5.45. The van der Waals surface area contributed by atoms with Gasteiger partial charge in [-0.25, -0.2) is 3.79 Å². The molecular formula is C8H5NS2. The number of hydrogen-bond donors (Lipinski definition) is 0. The average molecular weight is 179 g/mol. The molecule has 2 aromatic heterocycles.